The van der Waals surface area contributed by atoms with Gasteiger partial charge >= 0.3 is 5.97 Å². The molecule has 37 heavy (non-hydrogen) atoms. The third kappa shape index (κ3) is 6.70. The molecule has 0 bridgehead atoms. The molecule has 3 aromatic rings. The van der Waals surface area contributed by atoms with Crippen LogP contribution in [-0.4, -0.2) is 41.7 Å². The van der Waals surface area contributed by atoms with Crippen molar-refractivity contribution in [3.8, 4) is 11.5 Å². The Labute approximate surface area is 237 Å². The predicted molar refractivity (Wildman–Crippen MR) is 155 cm³/mol. The van der Waals surface area contributed by atoms with Crippen molar-refractivity contribution in [1.82, 2.24) is 9.66 Å². The highest BCUT2D eigenvalue weighted by Crippen LogP contribution is 2.34. The molecule has 1 aliphatic rings. The fourth-order valence-corrected chi connectivity index (χ4v) is 5.57. The summed E-state index contributed by atoms with van der Waals surface area (Å²) in [6.07, 6.45) is 7.05. The van der Waals surface area contributed by atoms with Gasteiger partial charge in [0.05, 0.1) is 33.9 Å². The van der Waals surface area contributed by atoms with Crippen LogP contribution < -0.4 is 15.0 Å². The Morgan fingerprint density at radius 1 is 1.16 bits per heavy atom. The molecule has 2 aromatic carbocycles. The number of carbonyl (C=O) groups is 1. The molecule has 1 saturated carbocycles. The van der Waals surface area contributed by atoms with Crippen molar-refractivity contribution in [2.24, 2.45) is 5.10 Å². The molecule has 1 fully saturated rings. The highest BCUT2D eigenvalue weighted by Gasteiger charge is 2.22. The summed E-state index contributed by atoms with van der Waals surface area (Å²) in [5.74, 6) is 1.39. The van der Waals surface area contributed by atoms with Gasteiger partial charge in [0.15, 0.2) is 18.1 Å². The van der Waals surface area contributed by atoms with Crippen LogP contribution in [0.15, 0.2) is 44.7 Å². The van der Waals surface area contributed by atoms with Crippen molar-refractivity contribution in [3.05, 3.63) is 60.1 Å². The van der Waals surface area contributed by atoms with Crippen LogP contribution >= 0.6 is 38.5 Å². The third-order valence-corrected chi connectivity index (χ3v) is 7.39. The molecule has 1 aliphatic carbocycles. The van der Waals surface area contributed by atoms with Gasteiger partial charge < -0.3 is 14.2 Å². The summed E-state index contributed by atoms with van der Waals surface area (Å²) in [6.45, 7) is 4.11. The summed E-state index contributed by atoms with van der Waals surface area (Å²) in [7, 11) is 0. The molecule has 1 aromatic heterocycles. The second-order valence-corrected chi connectivity index (χ2v) is 10.8. The van der Waals surface area contributed by atoms with Crippen molar-refractivity contribution in [2.45, 2.75) is 51.9 Å². The first kappa shape index (κ1) is 27.6. The van der Waals surface area contributed by atoms with E-state index in [2.05, 4.69) is 43.6 Å². The number of aromatic nitrogens is 2. The van der Waals surface area contributed by atoms with E-state index < -0.39 is 5.97 Å². The van der Waals surface area contributed by atoms with E-state index in [9.17, 15) is 9.59 Å². The number of rotatable bonds is 9. The summed E-state index contributed by atoms with van der Waals surface area (Å²) in [5, 5.41) is 5.14. The van der Waals surface area contributed by atoms with Crippen LogP contribution in [-0.2, 0) is 9.53 Å². The molecule has 0 unspecified atom stereocenters. The maximum Gasteiger partial charge on any atom is 0.344 e. The van der Waals surface area contributed by atoms with Crippen LogP contribution in [0.5, 0.6) is 11.5 Å². The Hall–Kier alpha value is -2.47. The number of ether oxygens (including phenoxy) is 3. The van der Waals surface area contributed by atoms with E-state index in [4.69, 9.17) is 19.2 Å². The van der Waals surface area contributed by atoms with E-state index in [0.29, 0.717) is 34.8 Å². The largest absolute Gasteiger partial charge is 0.490 e. The molecule has 4 rings (SSSR count). The van der Waals surface area contributed by atoms with Gasteiger partial charge in [-0.3, -0.25) is 4.79 Å². The summed E-state index contributed by atoms with van der Waals surface area (Å²) >= 11 is 5.59. The molecule has 10 heteroatoms. The zero-order valence-electron chi connectivity index (χ0n) is 20.8. The van der Waals surface area contributed by atoms with E-state index >= 15 is 0 Å². The van der Waals surface area contributed by atoms with Crippen LogP contribution in [0.1, 0.15) is 63.3 Å². The first-order chi connectivity index (χ1) is 17.9. The van der Waals surface area contributed by atoms with Gasteiger partial charge in [-0.05, 0) is 85.2 Å². The number of esters is 1. The zero-order valence-corrected chi connectivity index (χ0v) is 24.6. The number of benzene rings is 2. The molecule has 0 radical (unpaired) electrons. The van der Waals surface area contributed by atoms with Gasteiger partial charge in [0.25, 0.3) is 5.56 Å². The average Bonchev–Trinajstić information content (AvgIpc) is 2.88. The van der Waals surface area contributed by atoms with Crippen molar-refractivity contribution >= 4 is 61.6 Å². The number of nitrogens with zero attached hydrogens (tertiary/aromatic N) is 3. The highest BCUT2D eigenvalue weighted by atomic mass is 127. The molecule has 0 spiro atoms. The van der Waals surface area contributed by atoms with Crippen molar-refractivity contribution < 1.29 is 19.0 Å². The fourth-order valence-electron chi connectivity index (χ4n) is 4.43. The summed E-state index contributed by atoms with van der Waals surface area (Å²) in [6, 6.07) is 9.20. The summed E-state index contributed by atoms with van der Waals surface area (Å²) in [4.78, 5) is 30.2. The standard InChI is InChI=1S/C27H29BrIN3O5/c1-3-35-23-13-17(12-21(29)25(23)37-16-24(33)36-4-2)15-30-32-26(18-8-6-5-7-9-18)31-22-11-10-19(28)14-20(22)27(32)34/h10-15,18H,3-9,16H2,1-2H3. The maximum atomic E-state index is 13.6. The first-order valence-corrected chi connectivity index (χ1v) is 14.3. The van der Waals surface area contributed by atoms with Gasteiger partial charge in [-0.2, -0.15) is 9.78 Å². The molecule has 196 valence electrons. The van der Waals surface area contributed by atoms with E-state index in [1.807, 2.05) is 25.1 Å². The highest BCUT2D eigenvalue weighted by molar-refractivity contribution is 14.1. The van der Waals surface area contributed by atoms with E-state index in [1.54, 1.807) is 25.3 Å². The molecule has 8 nitrogen and oxygen atoms in total. The number of hydrogen-bond donors (Lipinski definition) is 0. The molecule has 1 heterocycles. The lowest BCUT2D eigenvalue weighted by atomic mass is 9.88. The quantitative estimate of drug-likeness (QED) is 0.156. The van der Waals surface area contributed by atoms with Crippen LogP contribution in [0.3, 0.4) is 0 Å². The Bertz CT molecular complexity index is 1370. The molecule has 0 atom stereocenters. The number of carbonyl (C=O) groups excluding carboxylic acids is 1. The van der Waals surface area contributed by atoms with Crippen LogP contribution in [0.25, 0.3) is 10.9 Å². The molecule has 0 N–H and O–H groups in total. The number of halogens is 2. The SMILES string of the molecule is CCOC(=O)COc1c(I)cc(C=Nn2c(C3CCCCC3)nc3ccc(Br)cc3c2=O)cc1OCC. The number of hydrogen-bond acceptors (Lipinski definition) is 7. The first-order valence-electron chi connectivity index (χ1n) is 12.4. The van der Waals surface area contributed by atoms with Gasteiger partial charge in [0.2, 0.25) is 0 Å². The summed E-state index contributed by atoms with van der Waals surface area (Å²) < 4.78 is 19.5. The minimum atomic E-state index is -0.448. The van der Waals surface area contributed by atoms with E-state index in [0.717, 1.165) is 39.3 Å². The Kier molecular flexibility index (Phi) is 9.58. The minimum absolute atomic E-state index is 0.185. The van der Waals surface area contributed by atoms with Crippen LogP contribution in [0.2, 0.25) is 0 Å². The van der Waals surface area contributed by atoms with E-state index in [-0.39, 0.29) is 24.7 Å². The Morgan fingerprint density at radius 3 is 2.68 bits per heavy atom. The van der Waals surface area contributed by atoms with Gasteiger partial charge in [-0.1, -0.05) is 35.2 Å². The van der Waals surface area contributed by atoms with E-state index in [1.165, 1.54) is 11.1 Å². The lowest BCUT2D eigenvalue weighted by molar-refractivity contribution is -0.145. The van der Waals surface area contributed by atoms with Crippen LogP contribution in [0, 0.1) is 3.57 Å². The van der Waals surface area contributed by atoms with Crippen molar-refractivity contribution in [3.63, 3.8) is 0 Å². The zero-order chi connectivity index (χ0) is 26.4. The summed E-state index contributed by atoms with van der Waals surface area (Å²) in [5.41, 5.74) is 1.21. The van der Waals surface area contributed by atoms with Gasteiger partial charge in [0.1, 0.15) is 5.82 Å². The van der Waals surface area contributed by atoms with Crippen LogP contribution in [0.4, 0.5) is 0 Å². The molecule has 0 saturated heterocycles. The van der Waals surface area contributed by atoms with Gasteiger partial charge in [-0.15, -0.1) is 0 Å². The second-order valence-electron chi connectivity index (χ2n) is 8.68. The topological polar surface area (TPSA) is 92.0 Å². The monoisotopic (exact) mass is 681 g/mol. The predicted octanol–water partition coefficient (Wildman–Crippen LogP) is 6.03. The molecule has 0 amide bonds. The maximum absolute atomic E-state index is 13.6. The fraction of sp³-hybridized carbons (Fsp3) is 0.407. The van der Waals surface area contributed by atoms with Gasteiger partial charge in [0, 0.05) is 10.4 Å². The molecular weight excluding hydrogens is 653 g/mol. The molecular formula is C27H29BrIN3O5. The average molecular weight is 682 g/mol. The van der Waals surface area contributed by atoms with Gasteiger partial charge in [-0.25, -0.2) is 9.78 Å². The Morgan fingerprint density at radius 2 is 1.95 bits per heavy atom. The number of fused-ring (bicyclic) bond motifs is 1. The normalized spacial score (nSPS) is 14.3. The lowest BCUT2D eigenvalue weighted by Crippen LogP contribution is -2.25. The smallest absolute Gasteiger partial charge is 0.344 e. The minimum Gasteiger partial charge on any atom is -0.490 e. The van der Waals surface area contributed by atoms with Crippen molar-refractivity contribution in [2.75, 3.05) is 19.8 Å². The van der Waals surface area contributed by atoms with Crippen molar-refractivity contribution in [1.29, 1.82) is 0 Å². The lowest BCUT2D eigenvalue weighted by Gasteiger charge is -2.22. The Balaban J connectivity index is 1.73. The second kappa shape index (κ2) is 12.9. The third-order valence-electron chi connectivity index (χ3n) is 6.10. The molecule has 0 aliphatic heterocycles.